The standard InChI is InChI=1S/C16H17ClN4O3/c1-24-13(22)8-18-16(23)21-7-6-12-14(20-9-19-12)15(21)10-2-4-11(17)5-3-10/h2-5,9,15H,6-8H2,1H3,(H,18,23)(H,19,20). The number of halogens is 1. The fourth-order valence-corrected chi connectivity index (χ4v) is 2.93. The lowest BCUT2D eigenvalue weighted by atomic mass is 9.96. The molecule has 0 bridgehead atoms. The number of nitrogens with one attached hydrogen (secondary N) is 2. The van der Waals surface area contributed by atoms with Crippen LogP contribution in [0.1, 0.15) is 23.0 Å². The summed E-state index contributed by atoms with van der Waals surface area (Å²) in [6, 6.07) is 6.63. The fourth-order valence-electron chi connectivity index (χ4n) is 2.80. The van der Waals surface area contributed by atoms with Gasteiger partial charge in [0.25, 0.3) is 0 Å². The molecule has 0 aliphatic carbocycles. The summed E-state index contributed by atoms with van der Waals surface area (Å²) in [6.07, 6.45) is 2.30. The number of fused-ring (bicyclic) bond motifs is 1. The van der Waals surface area contributed by atoms with E-state index in [0.29, 0.717) is 18.0 Å². The number of esters is 1. The second-order valence-corrected chi connectivity index (χ2v) is 5.84. The largest absolute Gasteiger partial charge is 0.468 e. The zero-order valence-electron chi connectivity index (χ0n) is 13.1. The zero-order valence-corrected chi connectivity index (χ0v) is 13.8. The Labute approximate surface area is 144 Å². The molecule has 1 aliphatic heterocycles. The van der Waals surface area contributed by atoms with Gasteiger partial charge in [0, 0.05) is 23.7 Å². The minimum absolute atomic E-state index is 0.174. The second kappa shape index (κ2) is 6.92. The molecule has 126 valence electrons. The number of H-pyrrole nitrogens is 1. The smallest absolute Gasteiger partial charge is 0.325 e. The molecule has 7 nitrogen and oxygen atoms in total. The Bertz CT molecular complexity index is 744. The number of imidazole rings is 1. The molecule has 1 aliphatic rings. The minimum atomic E-state index is -0.496. The van der Waals surface area contributed by atoms with Gasteiger partial charge in [-0.25, -0.2) is 9.78 Å². The highest BCUT2D eigenvalue weighted by molar-refractivity contribution is 6.30. The van der Waals surface area contributed by atoms with Crippen LogP contribution in [-0.2, 0) is 16.0 Å². The van der Waals surface area contributed by atoms with Crippen LogP contribution >= 0.6 is 11.6 Å². The summed E-state index contributed by atoms with van der Waals surface area (Å²) in [5.74, 6) is -0.496. The first-order valence-corrected chi connectivity index (χ1v) is 7.87. The van der Waals surface area contributed by atoms with Gasteiger partial charge in [0.1, 0.15) is 12.6 Å². The Morgan fingerprint density at radius 2 is 2.17 bits per heavy atom. The van der Waals surface area contributed by atoms with Crippen LogP contribution in [0, 0.1) is 0 Å². The monoisotopic (exact) mass is 348 g/mol. The molecule has 1 aromatic carbocycles. The molecular weight excluding hydrogens is 332 g/mol. The Balaban J connectivity index is 1.88. The summed E-state index contributed by atoms with van der Waals surface area (Å²) in [7, 11) is 1.28. The molecule has 2 heterocycles. The highest BCUT2D eigenvalue weighted by atomic mass is 35.5. The maximum absolute atomic E-state index is 12.5. The predicted octanol–water partition coefficient (Wildman–Crippen LogP) is 1.89. The van der Waals surface area contributed by atoms with Crippen LogP contribution in [-0.4, -0.2) is 47.1 Å². The van der Waals surface area contributed by atoms with Crippen LogP contribution < -0.4 is 5.32 Å². The van der Waals surface area contributed by atoms with Crippen molar-refractivity contribution in [2.24, 2.45) is 0 Å². The number of hydrogen-bond donors (Lipinski definition) is 2. The third-order valence-corrected chi connectivity index (χ3v) is 4.24. The van der Waals surface area contributed by atoms with E-state index in [1.807, 2.05) is 12.1 Å². The van der Waals surface area contributed by atoms with Crippen molar-refractivity contribution in [3.05, 3.63) is 52.6 Å². The maximum atomic E-state index is 12.5. The van der Waals surface area contributed by atoms with Gasteiger partial charge in [-0.05, 0) is 17.7 Å². The number of aromatic amines is 1. The first kappa shape index (κ1) is 16.3. The molecule has 1 aromatic heterocycles. The Kier molecular flexibility index (Phi) is 4.71. The molecule has 1 atom stereocenters. The van der Waals surface area contributed by atoms with Gasteiger partial charge in [0.2, 0.25) is 0 Å². The number of aromatic nitrogens is 2. The SMILES string of the molecule is COC(=O)CNC(=O)N1CCc2[nH]cnc2C1c1ccc(Cl)cc1. The highest BCUT2D eigenvalue weighted by Gasteiger charge is 2.34. The number of benzene rings is 1. The molecule has 0 fully saturated rings. The molecule has 24 heavy (non-hydrogen) atoms. The van der Waals surface area contributed by atoms with Crippen LogP contribution in [0.4, 0.5) is 4.79 Å². The van der Waals surface area contributed by atoms with E-state index >= 15 is 0 Å². The number of hydrogen-bond acceptors (Lipinski definition) is 4. The quantitative estimate of drug-likeness (QED) is 0.829. The number of ether oxygens (including phenoxy) is 1. The summed E-state index contributed by atoms with van der Waals surface area (Å²) in [4.78, 5) is 33.0. The topological polar surface area (TPSA) is 87.3 Å². The van der Waals surface area contributed by atoms with E-state index in [1.54, 1.807) is 23.4 Å². The van der Waals surface area contributed by atoms with Gasteiger partial charge < -0.3 is 19.9 Å². The lowest BCUT2D eigenvalue weighted by Crippen LogP contribution is -2.47. The number of urea groups is 1. The molecule has 2 amide bonds. The summed E-state index contributed by atoms with van der Waals surface area (Å²) >= 11 is 5.96. The molecule has 1 unspecified atom stereocenters. The van der Waals surface area contributed by atoms with Crippen molar-refractivity contribution < 1.29 is 14.3 Å². The highest BCUT2D eigenvalue weighted by Crippen LogP contribution is 2.33. The molecule has 0 spiro atoms. The van der Waals surface area contributed by atoms with Gasteiger partial charge >= 0.3 is 12.0 Å². The Morgan fingerprint density at radius 3 is 2.88 bits per heavy atom. The predicted molar refractivity (Wildman–Crippen MR) is 87.7 cm³/mol. The molecule has 0 radical (unpaired) electrons. The number of carbonyl (C=O) groups excluding carboxylic acids is 2. The van der Waals surface area contributed by atoms with Crippen molar-refractivity contribution in [3.63, 3.8) is 0 Å². The number of amides is 2. The number of nitrogens with zero attached hydrogens (tertiary/aromatic N) is 2. The van der Waals surface area contributed by atoms with Crippen molar-refractivity contribution in [2.45, 2.75) is 12.5 Å². The van der Waals surface area contributed by atoms with Crippen LogP contribution in [0.5, 0.6) is 0 Å². The molecule has 0 saturated carbocycles. The van der Waals surface area contributed by atoms with Crippen molar-refractivity contribution in [1.29, 1.82) is 0 Å². The third kappa shape index (κ3) is 3.21. The molecule has 2 N–H and O–H groups in total. The molecule has 3 rings (SSSR count). The first-order chi connectivity index (χ1) is 11.6. The zero-order chi connectivity index (χ0) is 17.1. The minimum Gasteiger partial charge on any atom is -0.468 e. The van der Waals surface area contributed by atoms with Crippen molar-refractivity contribution in [3.8, 4) is 0 Å². The Hall–Kier alpha value is -2.54. The average Bonchev–Trinajstić information content (AvgIpc) is 3.08. The van der Waals surface area contributed by atoms with Gasteiger partial charge in [-0.3, -0.25) is 4.79 Å². The summed E-state index contributed by atoms with van der Waals surface area (Å²) < 4.78 is 4.55. The lowest BCUT2D eigenvalue weighted by Gasteiger charge is -2.35. The number of rotatable bonds is 3. The van der Waals surface area contributed by atoms with Gasteiger partial charge in [0.15, 0.2) is 0 Å². The first-order valence-electron chi connectivity index (χ1n) is 7.49. The van der Waals surface area contributed by atoms with Crippen LogP contribution in [0.3, 0.4) is 0 Å². The normalized spacial score (nSPS) is 16.4. The molecule has 2 aromatic rings. The number of methoxy groups -OCH3 is 1. The van der Waals surface area contributed by atoms with E-state index in [-0.39, 0.29) is 18.6 Å². The molecular formula is C16H17ClN4O3. The van der Waals surface area contributed by atoms with E-state index in [2.05, 4.69) is 20.0 Å². The van der Waals surface area contributed by atoms with Gasteiger partial charge in [0.05, 0.1) is 19.1 Å². The summed E-state index contributed by atoms with van der Waals surface area (Å²) in [5.41, 5.74) is 2.71. The van der Waals surface area contributed by atoms with E-state index in [9.17, 15) is 9.59 Å². The Morgan fingerprint density at radius 1 is 1.42 bits per heavy atom. The van der Waals surface area contributed by atoms with Crippen molar-refractivity contribution >= 4 is 23.6 Å². The van der Waals surface area contributed by atoms with E-state index in [4.69, 9.17) is 11.6 Å². The van der Waals surface area contributed by atoms with Crippen molar-refractivity contribution in [1.82, 2.24) is 20.2 Å². The van der Waals surface area contributed by atoms with Crippen LogP contribution in [0.2, 0.25) is 5.02 Å². The third-order valence-electron chi connectivity index (χ3n) is 3.98. The van der Waals surface area contributed by atoms with Crippen LogP contribution in [0.15, 0.2) is 30.6 Å². The van der Waals surface area contributed by atoms with E-state index in [1.165, 1.54) is 7.11 Å². The van der Waals surface area contributed by atoms with Gasteiger partial charge in [-0.15, -0.1) is 0 Å². The summed E-state index contributed by atoms with van der Waals surface area (Å²) in [6.45, 7) is 0.335. The van der Waals surface area contributed by atoms with Gasteiger partial charge in [-0.1, -0.05) is 23.7 Å². The van der Waals surface area contributed by atoms with Crippen molar-refractivity contribution in [2.75, 3.05) is 20.2 Å². The van der Waals surface area contributed by atoms with Crippen LogP contribution in [0.25, 0.3) is 0 Å². The van der Waals surface area contributed by atoms with E-state index in [0.717, 1.165) is 17.0 Å². The van der Waals surface area contributed by atoms with E-state index < -0.39 is 5.97 Å². The number of carbonyl (C=O) groups is 2. The van der Waals surface area contributed by atoms with Gasteiger partial charge in [-0.2, -0.15) is 0 Å². The maximum Gasteiger partial charge on any atom is 0.325 e. The second-order valence-electron chi connectivity index (χ2n) is 5.40. The molecule has 8 heteroatoms. The fraction of sp³-hybridized carbons (Fsp3) is 0.312. The average molecular weight is 349 g/mol. The molecule has 0 saturated heterocycles. The lowest BCUT2D eigenvalue weighted by molar-refractivity contribution is -0.139. The summed E-state index contributed by atoms with van der Waals surface area (Å²) in [5, 5.41) is 3.21.